The Kier molecular flexibility index (Phi) is 5.60. The molecule has 3 aromatic rings. The van der Waals surface area contributed by atoms with Gasteiger partial charge in [0.1, 0.15) is 0 Å². The predicted molar refractivity (Wildman–Crippen MR) is 110 cm³/mol. The summed E-state index contributed by atoms with van der Waals surface area (Å²) in [6.45, 7) is 6.05. The van der Waals surface area contributed by atoms with Crippen LogP contribution in [0.1, 0.15) is 35.5 Å². The minimum Gasteiger partial charge on any atom is -0.379 e. The molecule has 1 amide bonds. The van der Waals surface area contributed by atoms with Gasteiger partial charge in [-0.25, -0.2) is 0 Å². The van der Waals surface area contributed by atoms with Crippen LogP contribution in [0.3, 0.4) is 0 Å². The Morgan fingerprint density at radius 1 is 1.04 bits per heavy atom. The molecule has 27 heavy (non-hydrogen) atoms. The predicted octanol–water partition coefficient (Wildman–Crippen LogP) is 4.39. The number of carbonyl (C=O) groups excluding carboxylic acids is 1. The van der Waals surface area contributed by atoms with E-state index in [0.717, 1.165) is 28.3 Å². The minimum atomic E-state index is -0.0347. The Morgan fingerprint density at radius 3 is 2.26 bits per heavy atom. The Bertz CT molecular complexity index is 913. The lowest BCUT2D eigenvalue weighted by molar-refractivity contribution is -0.115. The standard InChI is InChI=1S/C22H26N4O/c1-15(18-8-6-5-7-9-18)23-19-10-12-20(13-11-19)24-22(27)14-21-16(2)25-26(4)17(21)3/h5-13,15,23H,14H2,1-4H3,(H,24,27). The zero-order valence-electron chi connectivity index (χ0n) is 16.3. The third-order valence-electron chi connectivity index (χ3n) is 4.85. The van der Waals surface area contributed by atoms with Crippen molar-refractivity contribution in [1.82, 2.24) is 9.78 Å². The van der Waals surface area contributed by atoms with Gasteiger partial charge in [-0.2, -0.15) is 5.10 Å². The molecule has 1 unspecified atom stereocenters. The zero-order valence-corrected chi connectivity index (χ0v) is 16.3. The Balaban J connectivity index is 1.59. The molecule has 0 saturated carbocycles. The molecular weight excluding hydrogens is 336 g/mol. The number of benzene rings is 2. The van der Waals surface area contributed by atoms with Crippen LogP contribution < -0.4 is 10.6 Å². The van der Waals surface area contributed by atoms with Crippen molar-refractivity contribution in [2.24, 2.45) is 7.05 Å². The van der Waals surface area contributed by atoms with Crippen LogP contribution in [0.5, 0.6) is 0 Å². The van der Waals surface area contributed by atoms with Crippen LogP contribution >= 0.6 is 0 Å². The van der Waals surface area contributed by atoms with Crippen molar-refractivity contribution >= 4 is 17.3 Å². The number of aromatic nitrogens is 2. The van der Waals surface area contributed by atoms with E-state index < -0.39 is 0 Å². The number of nitrogens with zero attached hydrogens (tertiary/aromatic N) is 2. The molecule has 1 heterocycles. The average molecular weight is 362 g/mol. The maximum atomic E-state index is 12.4. The maximum Gasteiger partial charge on any atom is 0.228 e. The highest BCUT2D eigenvalue weighted by molar-refractivity contribution is 5.92. The van der Waals surface area contributed by atoms with Crippen molar-refractivity contribution < 1.29 is 4.79 Å². The average Bonchev–Trinajstić information content (AvgIpc) is 2.90. The van der Waals surface area contributed by atoms with Crippen LogP contribution in [-0.4, -0.2) is 15.7 Å². The monoisotopic (exact) mass is 362 g/mol. The lowest BCUT2D eigenvalue weighted by Gasteiger charge is -2.16. The van der Waals surface area contributed by atoms with E-state index in [1.165, 1.54) is 5.56 Å². The highest BCUT2D eigenvalue weighted by Gasteiger charge is 2.13. The van der Waals surface area contributed by atoms with Gasteiger partial charge in [0.2, 0.25) is 5.91 Å². The molecule has 0 saturated heterocycles. The summed E-state index contributed by atoms with van der Waals surface area (Å²) in [4.78, 5) is 12.4. The Hall–Kier alpha value is -3.08. The van der Waals surface area contributed by atoms with Crippen LogP contribution in [0.4, 0.5) is 11.4 Å². The molecule has 0 aliphatic rings. The first-order valence-electron chi connectivity index (χ1n) is 9.14. The smallest absolute Gasteiger partial charge is 0.228 e. The number of amides is 1. The molecule has 5 nitrogen and oxygen atoms in total. The summed E-state index contributed by atoms with van der Waals surface area (Å²) in [7, 11) is 1.89. The van der Waals surface area contributed by atoms with E-state index in [1.54, 1.807) is 0 Å². The SMILES string of the molecule is Cc1nn(C)c(C)c1CC(=O)Nc1ccc(NC(C)c2ccccc2)cc1. The Morgan fingerprint density at radius 2 is 1.67 bits per heavy atom. The van der Waals surface area contributed by atoms with E-state index in [-0.39, 0.29) is 11.9 Å². The fourth-order valence-corrected chi connectivity index (χ4v) is 3.16. The first kappa shape index (κ1) is 18.7. The highest BCUT2D eigenvalue weighted by atomic mass is 16.1. The molecule has 3 rings (SSSR count). The molecule has 0 fully saturated rings. The molecule has 1 aromatic heterocycles. The highest BCUT2D eigenvalue weighted by Crippen LogP contribution is 2.21. The molecule has 0 aliphatic carbocycles. The van der Waals surface area contributed by atoms with Crippen LogP contribution in [0.15, 0.2) is 54.6 Å². The van der Waals surface area contributed by atoms with Gasteiger partial charge < -0.3 is 10.6 Å². The van der Waals surface area contributed by atoms with Gasteiger partial charge in [0.25, 0.3) is 0 Å². The van der Waals surface area contributed by atoms with Gasteiger partial charge in [-0.3, -0.25) is 9.48 Å². The van der Waals surface area contributed by atoms with Gasteiger partial charge >= 0.3 is 0 Å². The number of rotatable bonds is 6. The molecule has 2 N–H and O–H groups in total. The minimum absolute atomic E-state index is 0.0347. The summed E-state index contributed by atoms with van der Waals surface area (Å²) >= 11 is 0. The topological polar surface area (TPSA) is 59.0 Å². The molecule has 2 aromatic carbocycles. The fraction of sp³-hybridized carbons (Fsp3) is 0.273. The lowest BCUT2D eigenvalue weighted by Crippen LogP contribution is -2.15. The molecule has 0 spiro atoms. The van der Waals surface area contributed by atoms with Crippen molar-refractivity contribution in [2.75, 3.05) is 10.6 Å². The van der Waals surface area contributed by atoms with Gasteiger partial charge in [-0.05, 0) is 50.6 Å². The summed E-state index contributed by atoms with van der Waals surface area (Å²) < 4.78 is 1.81. The molecular formula is C22H26N4O. The quantitative estimate of drug-likeness (QED) is 0.684. The first-order valence-corrected chi connectivity index (χ1v) is 9.14. The Labute approximate surface area is 160 Å². The van der Waals surface area contributed by atoms with Crippen LogP contribution in [0, 0.1) is 13.8 Å². The van der Waals surface area contributed by atoms with Gasteiger partial charge in [0, 0.05) is 35.7 Å². The number of hydrogen-bond donors (Lipinski definition) is 2. The molecule has 140 valence electrons. The van der Waals surface area contributed by atoms with Crippen molar-refractivity contribution in [3.63, 3.8) is 0 Å². The maximum absolute atomic E-state index is 12.4. The first-order chi connectivity index (χ1) is 12.9. The zero-order chi connectivity index (χ0) is 19.4. The molecule has 1 atom stereocenters. The number of aryl methyl sites for hydroxylation is 2. The van der Waals surface area contributed by atoms with Crippen molar-refractivity contribution in [2.45, 2.75) is 33.2 Å². The van der Waals surface area contributed by atoms with Gasteiger partial charge in [-0.1, -0.05) is 30.3 Å². The molecule has 0 aliphatic heterocycles. The number of hydrogen-bond acceptors (Lipinski definition) is 3. The third-order valence-corrected chi connectivity index (χ3v) is 4.85. The van der Waals surface area contributed by atoms with E-state index >= 15 is 0 Å². The second-order valence-electron chi connectivity index (χ2n) is 6.85. The van der Waals surface area contributed by atoms with E-state index in [0.29, 0.717) is 6.42 Å². The van der Waals surface area contributed by atoms with Gasteiger partial charge in [-0.15, -0.1) is 0 Å². The summed E-state index contributed by atoms with van der Waals surface area (Å²) in [6.07, 6.45) is 0.330. The third kappa shape index (κ3) is 4.56. The molecule has 5 heteroatoms. The lowest BCUT2D eigenvalue weighted by atomic mass is 10.1. The van der Waals surface area contributed by atoms with Crippen molar-refractivity contribution in [3.05, 3.63) is 77.1 Å². The van der Waals surface area contributed by atoms with Gasteiger partial charge in [0.05, 0.1) is 12.1 Å². The largest absolute Gasteiger partial charge is 0.379 e. The van der Waals surface area contributed by atoms with E-state index in [1.807, 2.05) is 68.0 Å². The van der Waals surface area contributed by atoms with Crippen LogP contribution in [-0.2, 0) is 18.3 Å². The summed E-state index contributed by atoms with van der Waals surface area (Å²) in [5, 5.41) is 10.8. The van der Waals surface area contributed by atoms with E-state index in [9.17, 15) is 4.79 Å². The number of anilines is 2. The van der Waals surface area contributed by atoms with E-state index in [4.69, 9.17) is 0 Å². The fourth-order valence-electron chi connectivity index (χ4n) is 3.16. The van der Waals surface area contributed by atoms with Crippen LogP contribution in [0.2, 0.25) is 0 Å². The van der Waals surface area contributed by atoms with E-state index in [2.05, 4.69) is 34.8 Å². The summed E-state index contributed by atoms with van der Waals surface area (Å²) in [5.41, 5.74) is 5.96. The second-order valence-corrected chi connectivity index (χ2v) is 6.85. The molecule has 0 bridgehead atoms. The van der Waals surface area contributed by atoms with Gasteiger partial charge in [0.15, 0.2) is 0 Å². The van der Waals surface area contributed by atoms with Crippen molar-refractivity contribution in [3.8, 4) is 0 Å². The summed E-state index contributed by atoms with van der Waals surface area (Å²) in [5.74, 6) is -0.0347. The number of nitrogens with one attached hydrogen (secondary N) is 2. The summed E-state index contributed by atoms with van der Waals surface area (Å²) in [6, 6.07) is 18.3. The van der Waals surface area contributed by atoms with Crippen molar-refractivity contribution in [1.29, 1.82) is 0 Å². The normalized spacial score (nSPS) is 11.9. The second kappa shape index (κ2) is 8.08. The number of carbonyl (C=O) groups is 1. The molecule has 0 radical (unpaired) electrons. The van der Waals surface area contributed by atoms with Crippen LogP contribution in [0.25, 0.3) is 0 Å².